The molecule has 6 heteroatoms. The molecule has 2 N–H and O–H groups in total. The SMILES string of the molecule is Nc1nc2c(F)cccc2n1-c1ccc(F)cc1I. The largest absolute Gasteiger partial charge is 0.369 e. The van der Waals surface area contributed by atoms with Gasteiger partial charge in [-0.05, 0) is 52.9 Å². The quantitative estimate of drug-likeness (QED) is 0.666. The van der Waals surface area contributed by atoms with Crippen molar-refractivity contribution in [1.29, 1.82) is 0 Å². The second-order valence-corrected chi connectivity index (χ2v) is 5.17. The summed E-state index contributed by atoms with van der Waals surface area (Å²) >= 11 is 2.01. The highest BCUT2D eigenvalue weighted by Gasteiger charge is 2.15. The number of imidazole rings is 1. The number of hydrogen-bond donors (Lipinski definition) is 1. The molecule has 0 amide bonds. The van der Waals surface area contributed by atoms with Crippen LogP contribution in [0.4, 0.5) is 14.7 Å². The Morgan fingerprint density at radius 2 is 1.95 bits per heavy atom. The smallest absolute Gasteiger partial charge is 0.206 e. The summed E-state index contributed by atoms with van der Waals surface area (Å²) in [5.41, 5.74) is 7.29. The van der Waals surface area contributed by atoms with Gasteiger partial charge in [0.05, 0.1) is 11.2 Å². The number of fused-ring (bicyclic) bond motifs is 1. The molecule has 3 rings (SSSR count). The maximum absolute atomic E-state index is 13.7. The average Bonchev–Trinajstić information content (AvgIpc) is 2.68. The first-order chi connectivity index (χ1) is 9.08. The van der Waals surface area contributed by atoms with E-state index in [0.29, 0.717) is 14.8 Å². The minimum atomic E-state index is -0.430. The van der Waals surface area contributed by atoms with Gasteiger partial charge in [0.25, 0.3) is 0 Å². The van der Waals surface area contributed by atoms with Crippen LogP contribution >= 0.6 is 22.6 Å². The number of aromatic nitrogens is 2. The number of nitrogens with zero attached hydrogens (tertiary/aromatic N) is 2. The first-order valence-electron chi connectivity index (χ1n) is 5.46. The molecule has 0 saturated carbocycles. The van der Waals surface area contributed by atoms with Crippen LogP contribution in [0.2, 0.25) is 0 Å². The van der Waals surface area contributed by atoms with Crippen molar-refractivity contribution in [2.45, 2.75) is 0 Å². The predicted molar refractivity (Wildman–Crippen MR) is 78.1 cm³/mol. The Kier molecular flexibility index (Phi) is 2.89. The molecule has 3 nitrogen and oxygen atoms in total. The standard InChI is InChI=1S/C13H8F2IN3/c14-7-4-5-10(9(16)6-7)19-11-3-1-2-8(15)12(11)18-13(19)17/h1-6H,(H2,17,18). The molecule has 0 saturated heterocycles. The molecule has 3 aromatic rings. The number of nitrogens with two attached hydrogens (primary N) is 1. The van der Waals surface area contributed by atoms with E-state index < -0.39 is 5.82 Å². The van der Waals surface area contributed by atoms with E-state index in [9.17, 15) is 8.78 Å². The topological polar surface area (TPSA) is 43.8 Å². The highest BCUT2D eigenvalue weighted by atomic mass is 127. The third-order valence-corrected chi connectivity index (χ3v) is 3.68. The number of anilines is 1. The van der Waals surface area contributed by atoms with Gasteiger partial charge in [-0.25, -0.2) is 13.8 Å². The Morgan fingerprint density at radius 1 is 1.16 bits per heavy atom. The van der Waals surface area contributed by atoms with Gasteiger partial charge in [-0.2, -0.15) is 0 Å². The molecule has 0 radical (unpaired) electrons. The summed E-state index contributed by atoms with van der Waals surface area (Å²) < 4.78 is 29.1. The van der Waals surface area contributed by atoms with Crippen LogP contribution in [0.5, 0.6) is 0 Å². The van der Waals surface area contributed by atoms with Crippen LogP contribution in [0.3, 0.4) is 0 Å². The Balaban J connectivity index is 2.36. The first-order valence-corrected chi connectivity index (χ1v) is 6.53. The van der Waals surface area contributed by atoms with Gasteiger partial charge >= 0.3 is 0 Å². The van der Waals surface area contributed by atoms with Crippen molar-refractivity contribution in [2.75, 3.05) is 5.73 Å². The van der Waals surface area contributed by atoms with Crippen molar-refractivity contribution in [1.82, 2.24) is 9.55 Å². The lowest BCUT2D eigenvalue weighted by Gasteiger charge is -2.08. The number of benzene rings is 2. The van der Waals surface area contributed by atoms with Gasteiger partial charge < -0.3 is 5.73 Å². The highest BCUT2D eigenvalue weighted by molar-refractivity contribution is 14.1. The third-order valence-electron chi connectivity index (χ3n) is 2.81. The Morgan fingerprint density at radius 3 is 2.68 bits per heavy atom. The van der Waals surface area contributed by atoms with Crippen LogP contribution in [-0.4, -0.2) is 9.55 Å². The number of hydrogen-bond acceptors (Lipinski definition) is 2. The van der Waals surface area contributed by atoms with E-state index in [0.717, 1.165) is 0 Å². The van der Waals surface area contributed by atoms with Crippen LogP contribution in [0.15, 0.2) is 36.4 Å². The maximum atomic E-state index is 13.7. The van der Waals surface area contributed by atoms with E-state index in [1.165, 1.54) is 18.2 Å². The van der Waals surface area contributed by atoms with Crippen molar-refractivity contribution in [3.05, 3.63) is 51.6 Å². The summed E-state index contributed by atoms with van der Waals surface area (Å²) in [6, 6.07) is 8.96. The molecule has 0 fully saturated rings. The van der Waals surface area contributed by atoms with Crippen molar-refractivity contribution < 1.29 is 8.78 Å². The summed E-state index contributed by atoms with van der Waals surface area (Å²) in [7, 11) is 0. The van der Waals surface area contributed by atoms with E-state index in [1.807, 2.05) is 22.6 Å². The lowest BCUT2D eigenvalue weighted by Crippen LogP contribution is -2.02. The Hall–Kier alpha value is -1.70. The average molecular weight is 371 g/mol. The lowest BCUT2D eigenvalue weighted by molar-refractivity contribution is 0.626. The molecule has 19 heavy (non-hydrogen) atoms. The van der Waals surface area contributed by atoms with Gasteiger partial charge in [0.2, 0.25) is 5.95 Å². The maximum Gasteiger partial charge on any atom is 0.206 e. The molecule has 0 aliphatic carbocycles. The number of nitrogen functional groups attached to an aromatic ring is 1. The van der Waals surface area contributed by atoms with Gasteiger partial charge in [-0.1, -0.05) is 6.07 Å². The highest BCUT2D eigenvalue weighted by Crippen LogP contribution is 2.27. The molecule has 0 aliphatic rings. The van der Waals surface area contributed by atoms with Gasteiger partial charge in [-0.15, -0.1) is 0 Å². The normalized spacial score (nSPS) is 11.1. The molecule has 2 aromatic carbocycles. The summed E-state index contributed by atoms with van der Waals surface area (Å²) in [6.07, 6.45) is 0. The fourth-order valence-corrected chi connectivity index (χ4v) is 2.72. The minimum Gasteiger partial charge on any atom is -0.369 e. The molecule has 0 unspecified atom stereocenters. The van der Waals surface area contributed by atoms with Crippen molar-refractivity contribution >= 4 is 39.6 Å². The van der Waals surface area contributed by atoms with E-state index in [1.54, 1.807) is 22.8 Å². The number of halogens is 3. The zero-order valence-corrected chi connectivity index (χ0v) is 11.7. The van der Waals surface area contributed by atoms with Crippen molar-refractivity contribution in [3.8, 4) is 5.69 Å². The van der Waals surface area contributed by atoms with Gasteiger partial charge in [0, 0.05) is 3.57 Å². The number of para-hydroxylation sites is 1. The van der Waals surface area contributed by atoms with Crippen molar-refractivity contribution in [3.63, 3.8) is 0 Å². The molecule has 0 spiro atoms. The van der Waals surface area contributed by atoms with E-state index >= 15 is 0 Å². The second-order valence-electron chi connectivity index (χ2n) is 4.01. The summed E-state index contributed by atoms with van der Waals surface area (Å²) in [5, 5.41) is 0. The molecule has 0 aliphatic heterocycles. The van der Waals surface area contributed by atoms with E-state index in [4.69, 9.17) is 5.73 Å². The third kappa shape index (κ3) is 1.95. The molecular weight excluding hydrogens is 363 g/mol. The molecule has 96 valence electrons. The monoisotopic (exact) mass is 371 g/mol. The van der Waals surface area contributed by atoms with Crippen LogP contribution < -0.4 is 5.73 Å². The van der Waals surface area contributed by atoms with Gasteiger partial charge in [0.1, 0.15) is 11.3 Å². The predicted octanol–water partition coefficient (Wildman–Crippen LogP) is 3.49. The summed E-state index contributed by atoms with van der Waals surface area (Å²) in [4.78, 5) is 4.02. The summed E-state index contributed by atoms with van der Waals surface area (Å²) in [6.45, 7) is 0. The fraction of sp³-hybridized carbons (Fsp3) is 0. The fourth-order valence-electron chi connectivity index (χ4n) is 2.00. The molecule has 1 heterocycles. The first kappa shape index (κ1) is 12.3. The van der Waals surface area contributed by atoms with Crippen LogP contribution in [0.1, 0.15) is 0 Å². The second kappa shape index (κ2) is 4.44. The zero-order valence-electron chi connectivity index (χ0n) is 9.57. The van der Waals surface area contributed by atoms with Crippen LogP contribution in [0.25, 0.3) is 16.7 Å². The van der Waals surface area contributed by atoms with Crippen LogP contribution in [-0.2, 0) is 0 Å². The van der Waals surface area contributed by atoms with Crippen molar-refractivity contribution in [2.24, 2.45) is 0 Å². The molecule has 0 bridgehead atoms. The molecular formula is C13H8F2IN3. The van der Waals surface area contributed by atoms with Crippen LogP contribution in [0, 0.1) is 15.2 Å². The molecule has 1 aromatic heterocycles. The van der Waals surface area contributed by atoms with Gasteiger partial charge in [-0.3, -0.25) is 4.57 Å². The summed E-state index contributed by atoms with van der Waals surface area (Å²) in [5.74, 6) is -0.591. The minimum absolute atomic E-state index is 0.171. The lowest BCUT2D eigenvalue weighted by atomic mass is 10.2. The zero-order chi connectivity index (χ0) is 13.6. The number of rotatable bonds is 1. The van der Waals surface area contributed by atoms with Gasteiger partial charge in [0.15, 0.2) is 5.82 Å². The molecule has 0 atom stereocenters. The van der Waals surface area contributed by atoms with E-state index in [-0.39, 0.29) is 17.3 Å². The Bertz CT molecular complexity index is 783. The van der Waals surface area contributed by atoms with E-state index in [2.05, 4.69) is 4.98 Å². The Labute approximate surface area is 121 Å².